The number of benzene rings is 2. The van der Waals surface area contributed by atoms with Crippen LogP contribution in [0.5, 0.6) is 0 Å². The standard InChI is InChI=1S/C7H5BrClNO2.C7H6ClNO2/c8-3-1-4(7(11)12)6(10)5(9)2-3;8-5-3-1-2-4(6(5)9)7(10)11/h1-2H,10H2,(H,11,12);1-3H,9H2,(H,10,11). The van der Waals surface area contributed by atoms with Gasteiger partial charge in [0.25, 0.3) is 0 Å². The van der Waals surface area contributed by atoms with E-state index in [1.807, 2.05) is 0 Å². The molecule has 0 fully saturated rings. The van der Waals surface area contributed by atoms with E-state index in [9.17, 15) is 9.59 Å². The molecule has 2 rings (SSSR count). The Labute approximate surface area is 149 Å². The highest BCUT2D eigenvalue weighted by Gasteiger charge is 2.11. The normalized spacial score (nSPS) is 9.70. The Morgan fingerprint density at radius 3 is 1.91 bits per heavy atom. The number of anilines is 2. The number of nitrogens with two attached hydrogens (primary N) is 2. The summed E-state index contributed by atoms with van der Waals surface area (Å²) < 4.78 is 0.596. The van der Waals surface area contributed by atoms with Crippen LogP contribution in [0.4, 0.5) is 11.4 Å². The van der Waals surface area contributed by atoms with Gasteiger partial charge in [0.1, 0.15) is 0 Å². The van der Waals surface area contributed by atoms with Gasteiger partial charge in [-0.25, -0.2) is 9.59 Å². The van der Waals surface area contributed by atoms with Gasteiger partial charge >= 0.3 is 11.9 Å². The molecule has 0 aliphatic heterocycles. The van der Waals surface area contributed by atoms with Crippen molar-refractivity contribution in [1.29, 1.82) is 0 Å². The summed E-state index contributed by atoms with van der Waals surface area (Å²) in [4.78, 5) is 21.0. The number of carboxylic acid groups (broad SMARTS) is 2. The van der Waals surface area contributed by atoms with Gasteiger partial charge in [-0.2, -0.15) is 0 Å². The van der Waals surface area contributed by atoms with E-state index in [-0.39, 0.29) is 32.5 Å². The minimum absolute atomic E-state index is 0.00868. The molecule has 0 aliphatic carbocycles. The maximum Gasteiger partial charge on any atom is 0.337 e. The van der Waals surface area contributed by atoms with Gasteiger partial charge in [0, 0.05) is 4.47 Å². The van der Waals surface area contributed by atoms with Crippen LogP contribution in [0, 0.1) is 0 Å². The molecule has 6 N–H and O–H groups in total. The van der Waals surface area contributed by atoms with E-state index < -0.39 is 11.9 Å². The average molecular weight is 422 g/mol. The fourth-order valence-corrected chi connectivity index (χ4v) is 2.47. The summed E-state index contributed by atoms with van der Waals surface area (Å²) in [6.45, 7) is 0. The van der Waals surface area contributed by atoms with Crippen molar-refractivity contribution in [2.75, 3.05) is 11.5 Å². The lowest BCUT2D eigenvalue weighted by molar-refractivity contribution is 0.0687. The van der Waals surface area contributed by atoms with Crippen molar-refractivity contribution in [1.82, 2.24) is 0 Å². The highest BCUT2D eigenvalue weighted by atomic mass is 79.9. The molecule has 0 spiro atoms. The zero-order chi connectivity index (χ0) is 17.7. The molecule has 0 atom stereocenters. The Bertz CT molecular complexity index is 769. The SMILES string of the molecule is Nc1c(Cl)cc(Br)cc1C(=O)O.Nc1c(Cl)cccc1C(=O)O. The van der Waals surface area contributed by atoms with Crippen molar-refractivity contribution in [3.63, 3.8) is 0 Å². The summed E-state index contributed by atoms with van der Waals surface area (Å²) in [5, 5.41) is 17.7. The minimum atomic E-state index is -1.09. The van der Waals surface area contributed by atoms with Crippen LogP contribution < -0.4 is 11.5 Å². The van der Waals surface area contributed by atoms with Crippen molar-refractivity contribution in [2.24, 2.45) is 0 Å². The molecule has 122 valence electrons. The minimum Gasteiger partial charge on any atom is -0.478 e. The number of carbonyl (C=O) groups is 2. The summed E-state index contributed by atoms with van der Waals surface area (Å²) in [6, 6.07) is 7.45. The largest absolute Gasteiger partial charge is 0.478 e. The van der Waals surface area contributed by atoms with Gasteiger partial charge in [0.15, 0.2) is 0 Å². The number of hydrogen-bond donors (Lipinski definition) is 4. The van der Waals surface area contributed by atoms with Gasteiger partial charge in [0.2, 0.25) is 0 Å². The molecule has 6 nitrogen and oxygen atoms in total. The molecule has 23 heavy (non-hydrogen) atoms. The third-order valence-corrected chi connectivity index (χ3v) is 3.71. The lowest BCUT2D eigenvalue weighted by atomic mass is 10.2. The Hall–Kier alpha value is -1.96. The summed E-state index contributed by atoms with van der Waals surface area (Å²) in [5.41, 5.74) is 11.0. The average Bonchev–Trinajstić information content (AvgIpc) is 2.46. The number of hydrogen-bond acceptors (Lipinski definition) is 4. The van der Waals surface area contributed by atoms with Crippen LogP contribution in [0.25, 0.3) is 0 Å². The maximum absolute atomic E-state index is 10.6. The molecule has 9 heteroatoms. The lowest BCUT2D eigenvalue weighted by Gasteiger charge is -2.03. The second-order valence-corrected chi connectivity index (χ2v) is 5.89. The molecule has 0 bridgehead atoms. The molecular formula is C14H11BrCl2N2O4. The van der Waals surface area contributed by atoms with E-state index in [1.165, 1.54) is 12.1 Å². The van der Waals surface area contributed by atoms with Crippen molar-refractivity contribution in [3.05, 3.63) is 56.0 Å². The van der Waals surface area contributed by atoms with Crippen LogP contribution in [0.1, 0.15) is 20.7 Å². The molecule has 0 aromatic heterocycles. The van der Waals surface area contributed by atoms with Crippen molar-refractivity contribution < 1.29 is 19.8 Å². The number of carboxylic acids is 2. The summed E-state index contributed by atoms with van der Waals surface area (Å²) in [5.74, 6) is -2.15. The number of nitrogen functional groups attached to an aromatic ring is 2. The second-order valence-electron chi connectivity index (χ2n) is 4.16. The first-order chi connectivity index (χ1) is 10.6. The quantitative estimate of drug-likeness (QED) is 0.542. The van der Waals surface area contributed by atoms with Gasteiger partial charge in [-0.05, 0) is 24.3 Å². The zero-order valence-corrected chi connectivity index (χ0v) is 14.5. The third kappa shape index (κ3) is 5.02. The molecule has 0 amide bonds. The number of halogens is 3. The third-order valence-electron chi connectivity index (χ3n) is 2.61. The second kappa shape index (κ2) is 8.05. The van der Waals surface area contributed by atoms with E-state index >= 15 is 0 Å². The molecule has 0 radical (unpaired) electrons. The fraction of sp³-hybridized carbons (Fsp3) is 0. The van der Waals surface area contributed by atoms with Crippen molar-refractivity contribution in [2.45, 2.75) is 0 Å². The van der Waals surface area contributed by atoms with Gasteiger partial charge in [-0.15, -0.1) is 0 Å². The van der Waals surface area contributed by atoms with Crippen molar-refractivity contribution in [3.8, 4) is 0 Å². The monoisotopic (exact) mass is 420 g/mol. The van der Waals surface area contributed by atoms with E-state index in [2.05, 4.69) is 15.9 Å². The van der Waals surface area contributed by atoms with Crippen LogP contribution in [0.15, 0.2) is 34.8 Å². The number of aromatic carboxylic acids is 2. The molecule has 0 saturated carbocycles. The molecular weight excluding hydrogens is 411 g/mol. The van der Waals surface area contributed by atoms with Crippen molar-refractivity contribution >= 4 is 62.4 Å². The van der Waals surface area contributed by atoms with Crippen LogP contribution >= 0.6 is 39.1 Å². The summed E-state index contributed by atoms with van der Waals surface area (Å²) >= 11 is 14.3. The highest BCUT2D eigenvalue weighted by molar-refractivity contribution is 9.10. The van der Waals surface area contributed by atoms with Crippen LogP contribution in [0.3, 0.4) is 0 Å². The number of rotatable bonds is 2. The summed E-state index contributed by atoms with van der Waals surface area (Å²) in [7, 11) is 0. The Morgan fingerprint density at radius 2 is 1.43 bits per heavy atom. The van der Waals surface area contributed by atoms with E-state index in [0.29, 0.717) is 4.47 Å². The fourth-order valence-electron chi connectivity index (χ4n) is 1.49. The lowest BCUT2D eigenvalue weighted by Crippen LogP contribution is -2.02. The maximum atomic E-state index is 10.6. The van der Waals surface area contributed by atoms with E-state index in [1.54, 1.807) is 18.2 Å². The Morgan fingerprint density at radius 1 is 0.913 bits per heavy atom. The zero-order valence-electron chi connectivity index (χ0n) is 11.4. The van der Waals surface area contributed by atoms with Crippen LogP contribution in [-0.4, -0.2) is 22.2 Å². The summed E-state index contributed by atoms with van der Waals surface area (Å²) in [6.07, 6.45) is 0. The topological polar surface area (TPSA) is 127 Å². The Kier molecular flexibility index (Phi) is 6.68. The predicted molar refractivity (Wildman–Crippen MR) is 93.3 cm³/mol. The van der Waals surface area contributed by atoms with Gasteiger partial charge in [-0.1, -0.05) is 45.2 Å². The van der Waals surface area contributed by atoms with Gasteiger partial charge in [0.05, 0.1) is 32.5 Å². The predicted octanol–water partition coefficient (Wildman–Crippen LogP) is 4.00. The first-order valence-corrected chi connectivity index (χ1v) is 7.45. The first kappa shape index (κ1) is 19.1. The smallest absolute Gasteiger partial charge is 0.337 e. The van der Waals surface area contributed by atoms with E-state index in [4.69, 9.17) is 44.9 Å². The highest BCUT2D eigenvalue weighted by Crippen LogP contribution is 2.27. The molecule has 0 saturated heterocycles. The van der Waals surface area contributed by atoms with E-state index in [0.717, 1.165) is 0 Å². The molecule has 0 unspecified atom stereocenters. The number of para-hydroxylation sites is 1. The molecule has 0 aliphatic rings. The van der Waals surface area contributed by atoms with Crippen LogP contribution in [0.2, 0.25) is 10.0 Å². The van der Waals surface area contributed by atoms with Gasteiger partial charge in [-0.3, -0.25) is 0 Å². The molecule has 0 heterocycles. The Balaban J connectivity index is 0.000000231. The van der Waals surface area contributed by atoms with Crippen LogP contribution in [-0.2, 0) is 0 Å². The first-order valence-electron chi connectivity index (χ1n) is 5.90. The molecule has 2 aromatic rings. The van der Waals surface area contributed by atoms with Gasteiger partial charge < -0.3 is 21.7 Å². The molecule has 2 aromatic carbocycles.